The van der Waals surface area contributed by atoms with Gasteiger partial charge in [-0.05, 0) is 25.8 Å². The predicted molar refractivity (Wildman–Crippen MR) is 76.6 cm³/mol. The Balaban J connectivity index is 2.28. The molecule has 2 heteroatoms. The van der Waals surface area contributed by atoms with Crippen LogP contribution in [0.15, 0.2) is 41.5 Å². The minimum absolute atomic E-state index is 0.420. The van der Waals surface area contributed by atoms with E-state index in [9.17, 15) is 4.39 Å². The highest BCUT2D eigenvalue weighted by molar-refractivity contribution is 5.15. The number of hydrogen-bond donors (Lipinski definition) is 1. The zero-order valence-electron chi connectivity index (χ0n) is 11.7. The summed E-state index contributed by atoms with van der Waals surface area (Å²) in [4.78, 5) is 0. The molecule has 1 aromatic rings. The topological polar surface area (TPSA) is 12.0 Å². The molecule has 1 atom stereocenters. The van der Waals surface area contributed by atoms with Gasteiger partial charge in [-0.1, -0.05) is 48.4 Å². The van der Waals surface area contributed by atoms with Crippen molar-refractivity contribution in [2.75, 3.05) is 13.1 Å². The van der Waals surface area contributed by atoms with Crippen LogP contribution in [0.5, 0.6) is 0 Å². The highest BCUT2D eigenvalue weighted by atomic mass is 19.1. The lowest BCUT2D eigenvalue weighted by Crippen LogP contribution is -2.27. The Morgan fingerprint density at radius 1 is 1.17 bits per heavy atom. The maximum atomic E-state index is 13.7. The molecule has 1 rings (SSSR count). The number of hydrogen-bond acceptors (Lipinski definition) is 1. The van der Waals surface area contributed by atoms with Crippen molar-refractivity contribution in [1.29, 1.82) is 0 Å². The first-order chi connectivity index (χ1) is 8.63. The molecule has 1 nitrogen and oxygen atoms in total. The molecule has 0 amide bonds. The molecule has 0 radical (unpaired) electrons. The van der Waals surface area contributed by atoms with Crippen LogP contribution in [-0.4, -0.2) is 19.3 Å². The summed E-state index contributed by atoms with van der Waals surface area (Å²) < 4.78 is 13.7. The fraction of sp³-hybridized carbons (Fsp3) is 0.500. The molecule has 1 unspecified atom stereocenters. The Kier molecular flexibility index (Phi) is 6.66. The third kappa shape index (κ3) is 5.46. The quantitative estimate of drug-likeness (QED) is 0.723. The number of nitrogens with one attached hydrogen (secondary N) is 1. The van der Waals surface area contributed by atoms with Gasteiger partial charge in [-0.25, -0.2) is 4.39 Å². The Labute approximate surface area is 110 Å². The maximum Gasteiger partial charge on any atom is 0.117 e. The molecular weight excluding hydrogens is 225 g/mol. The summed E-state index contributed by atoms with van der Waals surface area (Å²) in [5, 5.41) is 3.19. The van der Waals surface area contributed by atoms with Crippen molar-refractivity contribution in [3.8, 4) is 0 Å². The summed E-state index contributed by atoms with van der Waals surface area (Å²) in [6.07, 6.45) is 0.738. The van der Waals surface area contributed by atoms with E-state index in [4.69, 9.17) is 0 Å². The summed E-state index contributed by atoms with van der Waals surface area (Å²) in [5.74, 6) is 0. The monoisotopic (exact) mass is 249 g/mol. The van der Waals surface area contributed by atoms with Crippen LogP contribution in [0.25, 0.3) is 0 Å². The minimum atomic E-state index is -0.817. The van der Waals surface area contributed by atoms with E-state index in [1.807, 2.05) is 30.3 Å². The van der Waals surface area contributed by atoms with Crippen LogP contribution in [-0.2, 0) is 6.42 Å². The molecular formula is C16H24FN. The largest absolute Gasteiger partial charge is 0.310 e. The van der Waals surface area contributed by atoms with Crippen LogP contribution in [0.1, 0.15) is 32.8 Å². The highest BCUT2D eigenvalue weighted by Crippen LogP contribution is 2.07. The molecule has 0 aliphatic carbocycles. The van der Waals surface area contributed by atoms with Gasteiger partial charge in [0.05, 0.1) is 0 Å². The zero-order valence-corrected chi connectivity index (χ0v) is 11.7. The van der Waals surface area contributed by atoms with Crippen LogP contribution in [0.3, 0.4) is 0 Å². The summed E-state index contributed by atoms with van der Waals surface area (Å²) in [6.45, 7) is 7.59. The Hall–Kier alpha value is -1.15. The average molecular weight is 249 g/mol. The van der Waals surface area contributed by atoms with Crippen molar-refractivity contribution >= 4 is 0 Å². The van der Waals surface area contributed by atoms with E-state index in [2.05, 4.69) is 26.1 Å². The van der Waals surface area contributed by atoms with E-state index in [1.165, 1.54) is 11.1 Å². The van der Waals surface area contributed by atoms with Gasteiger partial charge in [0.2, 0.25) is 0 Å². The SMILES string of the molecule is CCC(C)=C(C)CNCC(F)Cc1ccccc1. The van der Waals surface area contributed by atoms with Crippen LogP contribution in [0, 0.1) is 0 Å². The molecule has 0 fully saturated rings. The molecule has 0 bridgehead atoms. The first kappa shape index (κ1) is 14.9. The van der Waals surface area contributed by atoms with Gasteiger partial charge in [0.1, 0.15) is 6.17 Å². The molecule has 100 valence electrons. The first-order valence-corrected chi connectivity index (χ1v) is 6.67. The smallest absolute Gasteiger partial charge is 0.117 e. The normalized spacial score (nSPS) is 14.2. The first-order valence-electron chi connectivity index (χ1n) is 6.67. The number of benzene rings is 1. The van der Waals surface area contributed by atoms with Gasteiger partial charge in [0, 0.05) is 19.5 Å². The summed E-state index contributed by atoms with van der Waals surface area (Å²) in [5.41, 5.74) is 3.77. The van der Waals surface area contributed by atoms with E-state index < -0.39 is 6.17 Å². The lowest BCUT2D eigenvalue weighted by atomic mass is 10.1. The summed E-state index contributed by atoms with van der Waals surface area (Å²) in [7, 11) is 0. The molecule has 18 heavy (non-hydrogen) atoms. The van der Waals surface area contributed by atoms with Crippen LogP contribution in [0.4, 0.5) is 4.39 Å². The van der Waals surface area contributed by atoms with Gasteiger partial charge in [-0.15, -0.1) is 0 Å². The lowest BCUT2D eigenvalue weighted by molar-refractivity contribution is 0.320. The van der Waals surface area contributed by atoms with Gasteiger partial charge in [-0.3, -0.25) is 0 Å². The number of alkyl halides is 1. The van der Waals surface area contributed by atoms with Gasteiger partial charge in [0.25, 0.3) is 0 Å². The van der Waals surface area contributed by atoms with Crippen molar-refractivity contribution < 1.29 is 4.39 Å². The molecule has 1 aromatic carbocycles. The summed E-state index contributed by atoms with van der Waals surface area (Å²) in [6, 6.07) is 9.80. The third-order valence-corrected chi connectivity index (χ3v) is 3.31. The second-order valence-corrected chi connectivity index (χ2v) is 4.83. The maximum absolute atomic E-state index is 13.7. The third-order valence-electron chi connectivity index (χ3n) is 3.31. The van der Waals surface area contributed by atoms with Gasteiger partial charge < -0.3 is 5.32 Å². The van der Waals surface area contributed by atoms with Crippen LogP contribution < -0.4 is 5.32 Å². The Bertz CT molecular complexity index is 370. The molecule has 0 heterocycles. The highest BCUT2D eigenvalue weighted by Gasteiger charge is 2.07. The minimum Gasteiger partial charge on any atom is -0.310 e. The number of halogens is 1. The standard InChI is InChI=1S/C16H24FN/c1-4-13(2)14(3)11-18-12-16(17)10-15-8-6-5-7-9-15/h5-9,16,18H,4,10-12H2,1-3H3. The van der Waals surface area contributed by atoms with Crippen molar-refractivity contribution in [3.05, 3.63) is 47.0 Å². The molecule has 0 saturated heterocycles. The summed E-state index contributed by atoms with van der Waals surface area (Å²) >= 11 is 0. The molecule has 1 N–H and O–H groups in total. The van der Waals surface area contributed by atoms with Gasteiger partial charge in [-0.2, -0.15) is 0 Å². The van der Waals surface area contributed by atoms with Crippen LogP contribution >= 0.6 is 0 Å². The second kappa shape index (κ2) is 8.04. The molecule has 0 aromatic heterocycles. The Morgan fingerprint density at radius 3 is 2.44 bits per heavy atom. The second-order valence-electron chi connectivity index (χ2n) is 4.83. The van der Waals surface area contributed by atoms with E-state index in [-0.39, 0.29) is 0 Å². The van der Waals surface area contributed by atoms with Crippen molar-refractivity contribution in [3.63, 3.8) is 0 Å². The van der Waals surface area contributed by atoms with Crippen LogP contribution in [0.2, 0.25) is 0 Å². The number of allylic oxidation sites excluding steroid dienone is 1. The predicted octanol–water partition coefficient (Wildman–Crippen LogP) is 3.90. The number of rotatable bonds is 7. The molecule has 0 aliphatic heterocycles. The fourth-order valence-electron chi connectivity index (χ4n) is 1.81. The molecule has 0 saturated carbocycles. The van der Waals surface area contributed by atoms with E-state index in [0.717, 1.165) is 18.5 Å². The van der Waals surface area contributed by atoms with Crippen molar-refractivity contribution in [2.24, 2.45) is 0 Å². The molecule has 0 spiro atoms. The van der Waals surface area contributed by atoms with E-state index >= 15 is 0 Å². The van der Waals surface area contributed by atoms with E-state index in [1.54, 1.807) is 0 Å². The van der Waals surface area contributed by atoms with Crippen molar-refractivity contribution in [2.45, 2.75) is 39.8 Å². The Morgan fingerprint density at radius 2 is 1.83 bits per heavy atom. The average Bonchev–Trinajstić information content (AvgIpc) is 2.38. The van der Waals surface area contributed by atoms with E-state index in [0.29, 0.717) is 13.0 Å². The fourth-order valence-corrected chi connectivity index (χ4v) is 1.81. The van der Waals surface area contributed by atoms with Gasteiger partial charge in [0.15, 0.2) is 0 Å². The van der Waals surface area contributed by atoms with Gasteiger partial charge >= 0.3 is 0 Å². The molecule has 0 aliphatic rings. The lowest BCUT2D eigenvalue weighted by Gasteiger charge is -2.11. The van der Waals surface area contributed by atoms with Crippen molar-refractivity contribution in [1.82, 2.24) is 5.32 Å². The zero-order chi connectivity index (χ0) is 13.4.